The van der Waals surface area contributed by atoms with Gasteiger partial charge in [0.2, 0.25) is 0 Å². The van der Waals surface area contributed by atoms with Gasteiger partial charge >= 0.3 is 0 Å². The van der Waals surface area contributed by atoms with E-state index >= 15 is 0 Å². The fourth-order valence-electron chi connectivity index (χ4n) is 3.22. The lowest BCUT2D eigenvalue weighted by Gasteiger charge is -2.40. The van der Waals surface area contributed by atoms with Gasteiger partial charge in [-0.05, 0) is 43.2 Å². The van der Waals surface area contributed by atoms with Crippen molar-refractivity contribution in [3.8, 4) is 0 Å². The van der Waals surface area contributed by atoms with Crippen molar-refractivity contribution in [2.45, 2.75) is 51.6 Å². The first kappa shape index (κ1) is 13.6. The molecule has 0 amide bonds. The summed E-state index contributed by atoms with van der Waals surface area (Å²) in [6, 6.07) is 8.16. The van der Waals surface area contributed by atoms with Crippen LogP contribution < -0.4 is 0 Å². The van der Waals surface area contributed by atoms with E-state index in [9.17, 15) is 5.11 Å². The second-order valence-corrected chi connectivity index (χ2v) is 7.14. The molecule has 0 radical (unpaired) electrons. The fraction of sp³-hybridized carbons (Fsp3) is 0.588. The molecule has 1 heterocycles. The number of rotatable bonds is 2. The minimum absolute atomic E-state index is 0.374. The third-order valence-corrected chi connectivity index (χ3v) is 4.90. The quantitative estimate of drug-likeness (QED) is 0.909. The molecular formula is C17H24N2O. The van der Waals surface area contributed by atoms with Crippen LogP contribution in [0.25, 0.3) is 11.0 Å². The van der Waals surface area contributed by atoms with Crippen molar-refractivity contribution >= 4 is 11.0 Å². The molecule has 0 bridgehead atoms. The van der Waals surface area contributed by atoms with Gasteiger partial charge in [-0.1, -0.05) is 26.0 Å². The highest BCUT2D eigenvalue weighted by Gasteiger charge is 2.37. The van der Waals surface area contributed by atoms with E-state index in [1.807, 2.05) is 25.2 Å². The van der Waals surface area contributed by atoms with E-state index in [4.69, 9.17) is 4.98 Å². The smallest absolute Gasteiger partial charge is 0.112 e. The molecule has 0 aliphatic heterocycles. The molecule has 3 nitrogen and oxygen atoms in total. The van der Waals surface area contributed by atoms with Crippen LogP contribution in [-0.4, -0.2) is 20.3 Å². The van der Waals surface area contributed by atoms with Crippen LogP contribution in [0.1, 0.15) is 45.4 Å². The summed E-state index contributed by atoms with van der Waals surface area (Å²) in [6.45, 7) is 4.59. The number of nitrogens with zero attached hydrogens (tertiary/aromatic N) is 2. The molecule has 3 rings (SSSR count). The van der Waals surface area contributed by atoms with Crippen molar-refractivity contribution in [1.82, 2.24) is 9.55 Å². The van der Waals surface area contributed by atoms with Crippen molar-refractivity contribution in [3.05, 3.63) is 30.1 Å². The Morgan fingerprint density at radius 1 is 1.15 bits per heavy atom. The summed E-state index contributed by atoms with van der Waals surface area (Å²) >= 11 is 0. The van der Waals surface area contributed by atoms with Crippen LogP contribution in [-0.2, 0) is 13.5 Å². The van der Waals surface area contributed by atoms with Gasteiger partial charge in [0.05, 0.1) is 16.6 Å². The molecule has 2 aromatic rings. The zero-order valence-electron chi connectivity index (χ0n) is 12.7. The molecular weight excluding hydrogens is 248 g/mol. The lowest BCUT2D eigenvalue weighted by Crippen LogP contribution is -2.39. The predicted molar refractivity (Wildman–Crippen MR) is 81.6 cm³/mol. The Bertz CT molecular complexity index is 617. The number of fused-ring (bicyclic) bond motifs is 1. The number of imidazole rings is 1. The predicted octanol–water partition coefficient (Wildman–Crippen LogP) is 3.45. The van der Waals surface area contributed by atoms with Gasteiger partial charge < -0.3 is 9.67 Å². The van der Waals surface area contributed by atoms with Crippen LogP contribution in [0, 0.1) is 5.41 Å². The lowest BCUT2D eigenvalue weighted by molar-refractivity contribution is -0.0268. The fourth-order valence-corrected chi connectivity index (χ4v) is 3.22. The van der Waals surface area contributed by atoms with E-state index in [-0.39, 0.29) is 0 Å². The van der Waals surface area contributed by atoms with Crippen LogP contribution in [0.15, 0.2) is 24.3 Å². The van der Waals surface area contributed by atoms with Crippen molar-refractivity contribution in [1.29, 1.82) is 0 Å². The van der Waals surface area contributed by atoms with Gasteiger partial charge in [0.25, 0.3) is 0 Å². The van der Waals surface area contributed by atoms with Crippen LogP contribution in [0.5, 0.6) is 0 Å². The van der Waals surface area contributed by atoms with E-state index in [1.165, 1.54) is 0 Å². The van der Waals surface area contributed by atoms with Crippen LogP contribution in [0.2, 0.25) is 0 Å². The average molecular weight is 272 g/mol. The molecule has 1 N–H and O–H groups in total. The number of aryl methyl sites for hydroxylation is 1. The Morgan fingerprint density at radius 3 is 2.45 bits per heavy atom. The number of benzene rings is 1. The molecule has 1 aromatic carbocycles. The van der Waals surface area contributed by atoms with E-state index < -0.39 is 5.60 Å². The van der Waals surface area contributed by atoms with E-state index in [0.717, 1.165) is 42.5 Å². The molecule has 108 valence electrons. The third-order valence-electron chi connectivity index (χ3n) is 4.90. The molecule has 0 atom stereocenters. The van der Waals surface area contributed by atoms with Gasteiger partial charge in [0.1, 0.15) is 5.82 Å². The second-order valence-electron chi connectivity index (χ2n) is 7.14. The number of aromatic nitrogens is 2. The zero-order valence-corrected chi connectivity index (χ0v) is 12.7. The van der Waals surface area contributed by atoms with Gasteiger partial charge in [-0.15, -0.1) is 0 Å². The van der Waals surface area contributed by atoms with Crippen LogP contribution in [0.3, 0.4) is 0 Å². The highest BCUT2D eigenvalue weighted by atomic mass is 16.3. The Balaban J connectivity index is 1.84. The number of aliphatic hydroxyl groups is 1. The summed E-state index contributed by atoms with van der Waals surface area (Å²) in [5, 5.41) is 10.9. The first-order chi connectivity index (χ1) is 9.39. The number of para-hydroxylation sites is 2. The first-order valence-electron chi connectivity index (χ1n) is 7.51. The van der Waals surface area contributed by atoms with Crippen molar-refractivity contribution in [2.24, 2.45) is 12.5 Å². The van der Waals surface area contributed by atoms with Gasteiger partial charge in [-0.25, -0.2) is 4.98 Å². The Kier molecular flexibility index (Phi) is 3.13. The van der Waals surface area contributed by atoms with Gasteiger partial charge in [0.15, 0.2) is 0 Å². The van der Waals surface area contributed by atoms with E-state index in [2.05, 4.69) is 24.5 Å². The summed E-state index contributed by atoms with van der Waals surface area (Å²) in [7, 11) is 2.04. The van der Waals surface area contributed by atoms with Gasteiger partial charge in [-0.3, -0.25) is 0 Å². The van der Waals surface area contributed by atoms with Crippen molar-refractivity contribution < 1.29 is 5.11 Å². The Morgan fingerprint density at radius 2 is 1.80 bits per heavy atom. The lowest BCUT2D eigenvalue weighted by atomic mass is 9.70. The summed E-state index contributed by atoms with van der Waals surface area (Å²) in [5.41, 5.74) is 1.95. The SMILES string of the molecule is Cn1c(CC2(O)CCC(C)(C)CC2)nc2ccccc21. The van der Waals surface area contributed by atoms with E-state index in [1.54, 1.807) is 0 Å². The van der Waals surface area contributed by atoms with Gasteiger partial charge in [0, 0.05) is 13.5 Å². The highest BCUT2D eigenvalue weighted by Crippen LogP contribution is 2.41. The second kappa shape index (κ2) is 4.59. The number of hydrogen-bond donors (Lipinski definition) is 1. The summed E-state index contributed by atoms with van der Waals surface area (Å²) in [5.74, 6) is 0.994. The summed E-state index contributed by atoms with van der Waals surface area (Å²) < 4.78 is 2.12. The van der Waals surface area contributed by atoms with Crippen molar-refractivity contribution in [2.75, 3.05) is 0 Å². The summed E-state index contributed by atoms with van der Waals surface area (Å²) in [4.78, 5) is 4.69. The average Bonchev–Trinajstić information content (AvgIpc) is 2.71. The third kappa shape index (κ3) is 2.47. The van der Waals surface area contributed by atoms with Crippen molar-refractivity contribution in [3.63, 3.8) is 0 Å². The molecule has 1 fully saturated rings. The molecule has 0 spiro atoms. The maximum atomic E-state index is 10.9. The Hall–Kier alpha value is -1.35. The molecule has 0 unspecified atom stereocenters. The molecule has 1 aliphatic carbocycles. The zero-order chi connectivity index (χ0) is 14.4. The minimum Gasteiger partial charge on any atom is -0.389 e. The molecule has 1 saturated carbocycles. The number of hydrogen-bond acceptors (Lipinski definition) is 2. The van der Waals surface area contributed by atoms with E-state index in [0.29, 0.717) is 11.8 Å². The largest absolute Gasteiger partial charge is 0.389 e. The van der Waals surface area contributed by atoms with Gasteiger partial charge in [-0.2, -0.15) is 0 Å². The minimum atomic E-state index is -0.579. The normalized spacial score (nSPS) is 21.2. The molecule has 0 saturated heterocycles. The molecule has 20 heavy (non-hydrogen) atoms. The standard InChI is InChI=1S/C17H24N2O/c1-16(2)8-10-17(20,11-9-16)12-15-18-13-6-4-5-7-14(13)19(15)3/h4-7,20H,8-12H2,1-3H3. The highest BCUT2D eigenvalue weighted by molar-refractivity contribution is 5.75. The molecule has 3 heteroatoms. The summed E-state index contributed by atoms with van der Waals surface area (Å²) in [6.07, 6.45) is 4.60. The first-order valence-corrected chi connectivity index (χ1v) is 7.51. The Labute approximate surface area is 120 Å². The maximum Gasteiger partial charge on any atom is 0.112 e. The van der Waals surface area contributed by atoms with Crippen LogP contribution in [0.4, 0.5) is 0 Å². The maximum absolute atomic E-state index is 10.9. The molecule has 1 aliphatic rings. The monoisotopic (exact) mass is 272 g/mol. The molecule has 1 aromatic heterocycles. The van der Waals surface area contributed by atoms with Crippen LogP contribution >= 0.6 is 0 Å². The topological polar surface area (TPSA) is 38.0 Å².